The number of hydrogen-bond acceptors (Lipinski definition) is 1. The molecule has 74 valence electrons. The molecule has 3 heteroatoms. The van der Waals surface area contributed by atoms with Crippen LogP contribution in [0.1, 0.15) is 12.0 Å². The Balaban J connectivity index is 2.65. The van der Waals surface area contributed by atoms with Crippen molar-refractivity contribution < 1.29 is 9.90 Å². The molecule has 0 spiro atoms. The Morgan fingerprint density at radius 1 is 1.43 bits per heavy atom. The van der Waals surface area contributed by atoms with E-state index < -0.39 is 5.97 Å². The molecule has 2 nitrogen and oxygen atoms in total. The minimum atomic E-state index is -0.831. The van der Waals surface area contributed by atoms with E-state index in [9.17, 15) is 4.79 Å². The van der Waals surface area contributed by atoms with E-state index in [1.54, 1.807) is 0 Å². The Bertz CT molecular complexity index is 358. The first-order valence-corrected chi connectivity index (χ1v) is 5.00. The van der Waals surface area contributed by atoms with Gasteiger partial charge in [0.15, 0.2) is 0 Å². The summed E-state index contributed by atoms with van der Waals surface area (Å²) in [6, 6.07) is 7.74. The van der Waals surface area contributed by atoms with Gasteiger partial charge in [0.2, 0.25) is 0 Å². The van der Waals surface area contributed by atoms with Crippen LogP contribution in [0.4, 0.5) is 0 Å². The van der Waals surface area contributed by atoms with Crippen molar-refractivity contribution in [1.29, 1.82) is 0 Å². The summed E-state index contributed by atoms with van der Waals surface area (Å²) in [5.74, 6) is -0.831. The van der Waals surface area contributed by atoms with Crippen LogP contribution in [0.25, 0.3) is 0 Å². The zero-order valence-electron chi connectivity index (χ0n) is 7.66. The van der Waals surface area contributed by atoms with Gasteiger partial charge in [0.05, 0.1) is 6.42 Å². The molecule has 0 fully saturated rings. The lowest BCUT2D eigenvalue weighted by Gasteiger charge is -2.04. The highest BCUT2D eigenvalue weighted by Crippen LogP contribution is 2.19. The second kappa shape index (κ2) is 4.96. The monoisotopic (exact) mass is 254 g/mol. The number of carbonyl (C=O) groups is 1. The summed E-state index contributed by atoms with van der Waals surface area (Å²) in [5, 5.41) is 8.56. The van der Waals surface area contributed by atoms with Gasteiger partial charge in [-0.05, 0) is 18.1 Å². The summed E-state index contributed by atoms with van der Waals surface area (Å²) in [7, 11) is 0. The van der Waals surface area contributed by atoms with Gasteiger partial charge < -0.3 is 5.11 Å². The van der Waals surface area contributed by atoms with Gasteiger partial charge in [-0.15, -0.1) is 0 Å². The summed E-state index contributed by atoms with van der Waals surface area (Å²) in [5.41, 5.74) is 1.78. The van der Waals surface area contributed by atoms with Crippen LogP contribution in [-0.4, -0.2) is 11.1 Å². The Hall–Kier alpha value is -1.09. The fourth-order valence-corrected chi connectivity index (χ4v) is 1.61. The van der Waals surface area contributed by atoms with Crippen LogP contribution in [-0.2, 0) is 11.2 Å². The van der Waals surface area contributed by atoms with E-state index >= 15 is 0 Å². The largest absolute Gasteiger partial charge is 0.481 e. The lowest BCUT2D eigenvalue weighted by Crippen LogP contribution is -1.99. The molecule has 0 saturated heterocycles. The molecule has 0 bridgehead atoms. The Morgan fingerprint density at radius 2 is 2.07 bits per heavy atom. The highest BCUT2D eigenvalue weighted by molar-refractivity contribution is 9.10. The molecular formula is C11H11BrO2. The van der Waals surface area contributed by atoms with Crippen molar-refractivity contribution in [2.45, 2.75) is 12.8 Å². The fourth-order valence-electron chi connectivity index (χ4n) is 1.19. The molecule has 0 atom stereocenters. The normalized spacial score (nSPS) is 9.79. The number of hydrogen-bond donors (Lipinski definition) is 1. The molecule has 0 aliphatic carbocycles. The molecule has 0 heterocycles. The molecule has 1 aromatic rings. The summed E-state index contributed by atoms with van der Waals surface area (Å²) in [4.78, 5) is 10.4. The van der Waals surface area contributed by atoms with Crippen molar-refractivity contribution in [3.8, 4) is 0 Å². The molecular weight excluding hydrogens is 244 g/mol. The number of carboxylic acid groups (broad SMARTS) is 1. The number of rotatable bonds is 4. The predicted octanol–water partition coefficient (Wildman–Crippen LogP) is 3.02. The molecule has 0 amide bonds. The number of carboxylic acids is 1. The van der Waals surface area contributed by atoms with Gasteiger partial charge >= 0.3 is 5.97 Å². The molecule has 0 aliphatic heterocycles. The maximum Gasteiger partial charge on any atom is 0.307 e. The lowest BCUT2D eigenvalue weighted by molar-refractivity contribution is -0.136. The molecule has 14 heavy (non-hydrogen) atoms. The zero-order valence-corrected chi connectivity index (χ0v) is 9.25. The first-order valence-electron chi connectivity index (χ1n) is 4.21. The molecule has 0 saturated carbocycles. The maximum absolute atomic E-state index is 10.4. The molecule has 0 radical (unpaired) electrons. The van der Waals surface area contributed by atoms with Crippen LogP contribution in [0.5, 0.6) is 0 Å². The van der Waals surface area contributed by atoms with Gasteiger partial charge in [0.25, 0.3) is 0 Å². The van der Waals surface area contributed by atoms with Crippen LogP contribution < -0.4 is 0 Å². The number of aliphatic carboxylic acids is 1. The summed E-state index contributed by atoms with van der Waals surface area (Å²) in [6.07, 6.45) is 0.634. The zero-order chi connectivity index (χ0) is 10.6. The first kappa shape index (κ1) is 11.0. The average Bonchev–Trinajstić information content (AvgIpc) is 2.07. The smallest absolute Gasteiger partial charge is 0.307 e. The van der Waals surface area contributed by atoms with Crippen LogP contribution in [0.15, 0.2) is 40.9 Å². The lowest BCUT2D eigenvalue weighted by atomic mass is 10.0. The summed E-state index contributed by atoms with van der Waals surface area (Å²) < 4.78 is 0.992. The van der Waals surface area contributed by atoms with E-state index in [0.29, 0.717) is 12.0 Å². The van der Waals surface area contributed by atoms with Crippen molar-refractivity contribution in [3.05, 3.63) is 46.5 Å². The van der Waals surface area contributed by atoms with E-state index in [4.69, 9.17) is 5.11 Å². The number of benzene rings is 1. The van der Waals surface area contributed by atoms with Crippen molar-refractivity contribution >= 4 is 21.9 Å². The van der Waals surface area contributed by atoms with E-state index in [1.165, 1.54) is 0 Å². The predicted molar refractivity (Wildman–Crippen MR) is 59.2 cm³/mol. The summed E-state index contributed by atoms with van der Waals surface area (Å²) in [6.45, 7) is 3.73. The van der Waals surface area contributed by atoms with Gasteiger partial charge in [-0.2, -0.15) is 0 Å². The Labute approximate surface area is 91.4 Å². The molecule has 1 N–H and O–H groups in total. The van der Waals surface area contributed by atoms with Crippen LogP contribution in [0.2, 0.25) is 0 Å². The third-order valence-corrected chi connectivity index (χ3v) is 2.57. The van der Waals surface area contributed by atoms with Gasteiger partial charge in [-0.1, -0.05) is 46.3 Å². The third kappa shape index (κ3) is 3.34. The highest BCUT2D eigenvalue weighted by Gasteiger charge is 2.04. The van der Waals surface area contributed by atoms with E-state index in [1.807, 2.05) is 24.3 Å². The van der Waals surface area contributed by atoms with Gasteiger partial charge in [0, 0.05) is 4.47 Å². The van der Waals surface area contributed by atoms with E-state index in [0.717, 1.165) is 10.0 Å². The molecule has 0 unspecified atom stereocenters. The van der Waals surface area contributed by atoms with Crippen molar-refractivity contribution in [1.82, 2.24) is 0 Å². The second-order valence-electron chi connectivity index (χ2n) is 3.09. The Kier molecular flexibility index (Phi) is 3.89. The SMILES string of the molecule is C=C(CC(=O)O)Cc1ccccc1Br. The van der Waals surface area contributed by atoms with Crippen molar-refractivity contribution in [2.24, 2.45) is 0 Å². The molecule has 0 aromatic heterocycles. The van der Waals surface area contributed by atoms with Crippen molar-refractivity contribution in [2.75, 3.05) is 0 Å². The molecule has 1 aromatic carbocycles. The first-order chi connectivity index (χ1) is 6.59. The minimum absolute atomic E-state index is 0.0291. The van der Waals surface area contributed by atoms with Crippen LogP contribution >= 0.6 is 15.9 Å². The number of halogens is 1. The highest BCUT2D eigenvalue weighted by atomic mass is 79.9. The van der Waals surface area contributed by atoms with Crippen molar-refractivity contribution in [3.63, 3.8) is 0 Å². The fraction of sp³-hybridized carbons (Fsp3) is 0.182. The standard InChI is InChI=1S/C11H11BrO2/c1-8(7-11(13)14)6-9-4-2-3-5-10(9)12/h2-5H,1,6-7H2,(H,13,14). The third-order valence-electron chi connectivity index (χ3n) is 1.80. The minimum Gasteiger partial charge on any atom is -0.481 e. The quantitative estimate of drug-likeness (QED) is 0.839. The molecule has 1 rings (SSSR count). The van der Waals surface area contributed by atoms with E-state index in [-0.39, 0.29) is 6.42 Å². The van der Waals surface area contributed by atoms with Gasteiger partial charge in [-0.25, -0.2) is 0 Å². The topological polar surface area (TPSA) is 37.3 Å². The van der Waals surface area contributed by atoms with Crippen LogP contribution in [0, 0.1) is 0 Å². The maximum atomic E-state index is 10.4. The van der Waals surface area contributed by atoms with Crippen LogP contribution in [0.3, 0.4) is 0 Å². The molecule has 0 aliphatic rings. The van der Waals surface area contributed by atoms with E-state index in [2.05, 4.69) is 22.5 Å². The van der Waals surface area contributed by atoms with Gasteiger partial charge in [0.1, 0.15) is 0 Å². The average molecular weight is 255 g/mol. The summed E-state index contributed by atoms with van der Waals surface area (Å²) >= 11 is 3.40. The van der Waals surface area contributed by atoms with Gasteiger partial charge in [-0.3, -0.25) is 4.79 Å². The Morgan fingerprint density at radius 3 is 2.64 bits per heavy atom. The second-order valence-corrected chi connectivity index (χ2v) is 3.94.